The molecule has 1 heterocycles. The molecule has 7 nitrogen and oxygen atoms in total. The van der Waals surface area contributed by atoms with Crippen LogP contribution in [0.4, 0.5) is 0 Å². The van der Waals surface area contributed by atoms with E-state index in [-0.39, 0.29) is 17.5 Å². The Morgan fingerprint density at radius 2 is 1.72 bits per heavy atom. The molecular weight excluding hydrogens is 394 g/mol. The van der Waals surface area contributed by atoms with Crippen LogP contribution in [0.25, 0.3) is 0 Å². The van der Waals surface area contributed by atoms with Gasteiger partial charge in [-0.25, -0.2) is 13.1 Å². The minimum Gasteiger partial charge on any atom is -0.486 e. The van der Waals surface area contributed by atoms with Crippen molar-refractivity contribution in [3.8, 4) is 11.5 Å². The average molecular weight is 419 g/mol. The third-order valence-electron chi connectivity index (χ3n) is 4.42. The van der Waals surface area contributed by atoms with Crippen LogP contribution in [0.3, 0.4) is 0 Å². The van der Waals surface area contributed by atoms with Crippen LogP contribution in [-0.2, 0) is 26.2 Å². The van der Waals surface area contributed by atoms with Crippen molar-refractivity contribution in [2.24, 2.45) is 0 Å². The van der Waals surface area contributed by atoms with Gasteiger partial charge >= 0.3 is 5.97 Å². The maximum atomic E-state index is 12.4. The fourth-order valence-corrected chi connectivity index (χ4v) is 3.95. The first-order valence-corrected chi connectivity index (χ1v) is 11.1. The van der Waals surface area contributed by atoms with Gasteiger partial charge in [-0.2, -0.15) is 0 Å². The maximum Gasteiger partial charge on any atom is 0.306 e. The van der Waals surface area contributed by atoms with Crippen molar-refractivity contribution in [2.75, 3.05) is 19.8 Å². The molecule has 0 saturated heterocycles. The Hall–Kier alpha value is -2.58. The predicted molar refractivity (Wildman–Crippen MR) is 107 cm³/mol. The summed E-state index contributed by atoms with van der Waals surface area (Å²) in [5.41, 5.74) is 0.953. The first-order chi connectivity index (χ1) is 14.0. The number of fused-ring (bicyclic) bond motifs is 1. The molecule has 0 spiro atoms. The van der Waals surface area contributed by atoms with Crippen LogP contribution in [0.15, 0.2) is 53.4 Å². The Bertz CT molecular complexity index is 914. The second-order valence-corrected chi connectivity index (χ2v) is 8.43. The highest BCUT2D eigenvalue weighted by Crippen LogP contribution is 2.32. The zero-order valence-corrected chi connectivity index (χ0v) is 16.9. The second kappa shape index (κ2) is 10.3. The van der Waals surface area contributed by atoms with Gasteiger partial charge < -0.3 is 14.2 Å². The molecule has 1 N–H and O–H groups in total. The maximum absolute atomic E-state index is 12.4. The summed E-state index contributed by atoms with van der Waals surface area (Å²) in [6.45, 7) is 1.43. The molecule has 8 heteroatoms. The second-order valence-electron chi connectivity index (χ2n) is 6.66. The van der Waals surface area contributed by atoms with Gasteiger partial charge in [0.1, 0.15) is 19.8 Å². The summed E-state index contributed by atoms with van der Waals surface area (Å²) in [6, 6.07) is 14.1. The molecule has 1 aliphatic rings. The smallest absolute Gasteiger partial charge is 0.306 e. The summed E-state index contributed by atoms with van der Waals surface area (Å²) in [7, 11) is -3.61. The first-order valence-electron chi connectivity index (χ1n) is 9.63. The van der Waals surface area contributed by atoms with E-state index in [1.54, 1.807) is 6.07 Å². The van der Waals surface area contributed by atoms with Gasteiger partial charge in [0.2, 0.25) is 10.0 Å². The van der Waals surface area contributed by atoms with Crippen LogP contribution < -0.4 is 14.2 Å². The molecule has 0 aromatic heterocycles. The number of carbonyl (C=O) groups excluding carboxylic acids is 1. The molecule has 1 aliphatic heterocycles. The quantitative estimate of drug-likeness (QED) is 0.470. The number of esters is 1. The Labute approximate surface area is 171 Å². The van der Waals surface area contributed by atoms with E-state index in [2.05, 4.69) is 4.72 Å². The molecule has 0 saturated carbocycles. The molecule has 29 heavy (non-hydrogen) atoms. The van der Waals surface area contributed by atoms with Crippen molar-refractivity contribution in [3.63, 3.8) is 0 Å². The van der Waals surface area contributed by atoms with Gasteiger partial charge in [-0.05, 0) is 30.5 Å². The van der Waals surface area contributed by atoms with Crippen LogP contribution in [-0.4, -0.2) is 34.1 Å². The summed E-state index contributed by atoms with van der Waals surface area (Å²) in [4.78, 5) is 11.9. The van der Waals surface area contributed by atoms with E-state index < -0.39 is 10.0 Å². The van der Waals surface area contributed by atoms with Crippen LogP contribution in [0.1, 0.15) is 31.2 Å². The zero-order valence-electron chi connectivity index (χ0n) is 16.1. The number of carbonyl (C=O) groups is 1. The number of sulfonamides is 1. The van der Waals surface area contributed by atoms with Gasteiger partial charge in [0, 0.05) is 19.0 Å². The van der Waals surface area contributed by atoms with Gasteiger partial charge in [-0.1, -0.05) is 36.8 Å². The normalized spacial score (nSPS) is 13.1. The highest BCUT2D eigenvalue weighted by atomic mass is 32.2. The fourth-order valence-electron chi connectivity index (χ4n) is 2.86. The molecule has 0 aliphatic carbocycles. The summed E-state index contributed by atoms with van der Waals surface area (Å²) in [6.07, 6.45) is 2.33. The third kappa shape index (κ3) is 6.47. The molecule has 2 aromatic carbocycles. The summed E-state index contributed by atoms with van der Waals surface area (Å²) in [5, 5.41) is 0. The molecule has 0 radical (unpaired) electrons. The lowest BCUT2D eigenvalue weighted by molar-refractivity contribution is -0.145. The van der Waals surface area contributed by atoms with Crippen molar-refractivity contribution < 1.29 is 27.4 Å². The molecule has 156 valence electrons. The number of benzene rings is 2. The molecule has 0 atom stereocenters. The number of unbranched alkanes of at least 4 members (excludes halogenated alkanes) is 2. The van der Waals surface area contributed by atoms with E-state index in [1.165, 1.54) is 12.1 Å². The van der Waals surface area contributed by atoms with E-state index >= 15 is 0 Å². The lowest BCUT2D eigenvalue weighted by atomic mass is 10.2. The summed E-state index contributed by atoms with van der Waals surface area (Å²) >= 11 is 0. The number of hydrogen-bond donors (Lipinski definition) is 1. The molecule has 2 aromatic rings. The fraction of sp³-hybridized carbons (Fsp3) is 0.381. The molecular formula is C21H25NO6S. The molecule has 0 amide bonds. The van der Waals surface area contributed by atoms with E-state index in [9.17, 15) is 13.2 Å². The Kier molecular flexibility index (Phi) is 7.48. The minimum absolute atomic E-state index is 0.145. The van der Waals surface area contributed by atoms with Crippen LogP contribution in [0, 0.1) is 0 Å². The van der Waals surface area contributed by atoms with Crippen LogP contribution in [0.2, 0.25) is 0 Å². The van der Waals surface area contributed by atoms with Crippen molar-refractivity contribution in [2.45, 2.75) is 37.2 Å². The molecule has 0 unspecified atom stereocenters. The van der Waals surface area contributed by atoms with Gasteiger partial charge in [-0.15, -0.1) is 0 Å². The zero-order chi connectivity index (χ0) is 20.5. The van der Waals surface area contributed by atoms with E-state index in [0.29, 0.717) is 50.5 Å². The monoisotopic (exact) mass is 419 g/mol. The first kappa shape index (κ1) is 21.1. The minimum atomic E-state index is -3.61. The number of hydrogen-bond acceptors (Lipinski definition) is 6. The lowest BCUT2D eigenvalue weighted by Crippen LogP contribution is -2.25. The predicted octanol–water partition coefficient (Wildman–Crippen LogP) is 3.04. The standard InChI is InChI=1S/C21H25NO6S/c23-21(28-16-17-7-3-1-4-8-17)9-5-2-6-12-22-29(24,25)18-10-11-19-20(15-18)27-14-13-26-19/h1,3-4,7-8,10-11,15,22H,2,5-6,9,12-14,16H2. The SMILES string of the molecule is O=C(CCCCCNS(=O)(=O)c1ccc2c(c1)OCCO2)OCc1ccccc1. The number of nitrogens with one attached hydrogen (secondary N) is 1. The van der Waals surface area contributed by atoms with E-state index in [1.807, 2.05) is 30.3 Å². The largest absolute Gasteiger partial charge is 0.486 e. The topological polar surface area (TPSA) is 90.9 Å². The third-order valence-corrected chi connectivity index (χ3v) is 5.88. The average Bonchev–Trinajstić information content (AvgIpc) is 2.75. The number of ether oxygens (including phenoxy) is 3. The van der Waals surface area contributed by atoms with Crippen molar-refractivity contribution in [1.82, 2.24) is 4.72 Å². The van der Waals surface area contributed by atoms with Crippen molar-refractivity contribution in [3.05, 3.63) is 54.1 Å². The van der Waals surface area contributed by atoms with Gasteiger partial charge in [0.25, 0.3) is 0 Å². The van der Waals surface area contributed by atoms with Gasteiger partial charge in [0.15, 0.2) is 11.5 Å². The number of rotatable bonds is 10. The van der Waals surface area contributed by atoms with Crippen molar-refractivity contribution >= 4 is 16.0 Å². The highest BCUT2D eigenvalue weighted by Gasteiger charge is 2.18. The van der Waals surface area contributed by atoms with Gasteiger partial charge in [0.05, 0.1) is 4.90 Å². The molecule has 3 rings (SSSR count). The Morgan fingerprint density at radius 3 is 2.52 bits per heavy atom. The summed E-state index contributed by atoms with van der Waals surface area (Å²) in [5.74, 6) is 0.744. The highest BCUT2D eigenvalue weighted by molar-refractivity contribution is 7.89. The van der Waals surface area contributed by atoms with Crippen LogP contribution >= 0.6 is 0 Å². The van der Waals surface area contributed by atoms with Crippen LogP contribution in [0.5, 0.6) is 11.5 Å². The van der Waals surface area contributed by atoms with E-state index in [0.717, 1.165) is 12.0 Å². The Balaban J connectivity index is 1.33. The molecule has 0 fully saturated rings. The van der Waals surface area contributed by atoms with Gasteiger partial charge in [-0.3, -0.25) is 4.79 Å². The van der Waals surface area contributed by atoms with E-state index in [4.69, 9.17) is 14.2 Å². The lowest BCUT2D eigenvalue weighted by Gasteiger charge is -2.18. The molecule has 0 bridgehead atoms. The van der Waals surface area contributed by atoms with Crippen molar-refractivity contribution in [1.29, 1.82) is 0 Å². The summed E-state index contributed by atoms with van der Waals surface area (Å²) < 4.78 is 43.4. The Morgan fingerprint density at radius 1 is 0.966 bits per heavy atom.